The average molecular weight is 259 g/mol. The zero-order valence-electron chi connectivity index (χ0n) is 11.4. The Kier molecular flexibility index (Phi) is 2.77. The zero-order valence-corrected chi connectivity index (χ0v) is 11.4. The van der Waals surface area contributed by atoms with Crippen LogP contribution in [-0.4, -0.2) is 27.8 Å². The van der Waals surface area contributed by atoms with E-state index >= 15 is 0 Å². The Morgan fingerprint density at radius 2 is 2.21 bits per heavy atom. The van der Waals surface area contributed by atoms with Gasteiger partial charge in [0.25, 0.3) is 0 Å². The fraction of sp³-hybridized carbons (Fsp3) is 0.500. The molecule has 2 aromatic rings. The van der Waals surface area contributed by atoms with Gasteiger partial charge in [-0.3, -0.25) is 0 Å². The molecule has 0 saturated heterocycles. The van der Waals surface area contributed by atoms with E-state index in [4.69, 9.17) is 9.72 Å². The predicted octanol–water partition coefficient (Wildman–Crippen LogP) is 2.29. The lowest BCUT2D eigenvalue weighted by atomic mass is 10.0. The maximum atomic E-state index is 12.1. The van der Waals surface area contributed by atoms with Gasteiger partial charge in [-0.15, -0.1) is 0 Å². The summed E-state index contributed by atoms with van der Waals surface area (Å²) in [6.45, 7) is 4.11. The van der Waals surface area contributed by atoms with Gasteiger partial charge < -0.3 is 4.74 Å². The summed E-state index contributed by atoms with van der Waals surface area (Å²) < 4.78 is 6.80. The molecule has 0 N–H and O–H groups in total. The standard InChI is InChI=1S/C14H17N3O2/c1-8(2)17-13-10(7-15-17)12(14(18)19-3)9-5-4-6-11(9)16-13/h7-8H,4-6H2,1-3H3. The van der Waals surface area contributed by atoms with Gasteiger partial charge in [0.2, 0.25) is 0 Å². The van der Waals surface area contributed by atoms with Crippen molar-refractivity contribution in [2.45, 2.75) is 39.2 Å². The molecule has 0 aliphatic heterocycles. The normalized spacial score (nSPS) is 14.1. The highest BCUT2D eigenvalue weighted by Gasteiger charge is 2.26. The number of aryl methyl sites for hydroxylation is 1. The van der Waals surface area contributed by atoms with Gasteiger partial charge in [0.05, 0.1) is 24.3 Å². The number of ether oxygens (including phenoxy) is 1. The van der Waals surface area contributed by atoms with Crippen LogP contribution >= 0.6 is 0 Å². The van der Waals surface area contributed by atoms with Crippen LogP contribution in [0.2, 0.25) is 0 Å². The maximum Gasteiger partial charge on any atom is 0.339 e. The molecular weight excluding hydrogens is 242 g/mol. The molecule has 0 aromatic carbocycles. The monoisotopic (exact) mass is 259 g/mol. The van der Waals surface area contributed by atoms with Crippen LogP contribution in [0.4, 0.5) is 0 Å². The van der Waals surface area contributed by atoms with Crippen molar-refractivity contribution >= 4 is 17.0 Å². The van der Waals surface area contributed by atoms with Crippen molar-refractivity contribution in [3.63, 3.8) is 0 Å². The largest absolute Gasteiger partial charge is 0.465 e. The molecule has 1 aliphatic rings. The number of hydrogen-bond acceptors (Lipinski definition) is 4. The van der Waals surface area contributed by atoms with E-state index in [9.17, 15) is 4.79 Å². The van der Waals surface area contributed by atoms with Crippen molar-refractivity contribution in [2.75, 3.05) is 7.11 Å². The van der Waals surface area contributed by atoms with E-state index in [0.717, 1.165) is 41.6 Å². The molecule has 2 aromatic heterocycles. The number of hydrogen-bond donors (Lipinski definition) is 0. The molecule has 0 saturated carbocycles. The highest BCUT2D eigenvalue weighted by Crippen LogP contribution is 2.31. The molecule has 0 atom stereocenters. The topological polar surface area (TPSA) is 57.0 Å². The lowest BCUT2D eigenvalue weighted by Gasteiger charge is -2.10. The summed E-state index contributed by atoms with van der Waals surface area (Å²) in [5, 5.41) is 5.17. The number of nitrogens with zero attached hydrogens (tertiary/aromatic N) is 3. The molecule has 19 heavy (non-hydrogen) atoms. The second kappa shape index (κ2) is 4.33. The van der Waals surface area contributed by atoms with Crippen molar-refractivity contribution in [2.24, 2.45) is 0 Å². The Morgan fingerprint density at radius 3 is 2.89 bits per heavy atom. The summed E-state index contributed by atoms with van der Waals surface area (Å²) in [7, 11) is 1.42. The molecule has 5 nitrogen and oxygen atoms in total. The maximum absolute atomic E-state index is 12.1. The second-order valence-electron chi connectivity index (χ2n) is 5.18. The number of aromatic nitrogens is 3. The molecule has 0 bridgehead atoms. The Balaban J connectivity index is 2.35. The van der Waals surface area contributed by atoms with Crippen molar-refractivity contribution < 1.29 is 9.53 Å². The summed E-state index contributed by atoms with van der Waals surface area (Å²) in [6, 6.07) is 0.218. The molecule has 0 amide bonds. The van der Waals surface area contributed by atoms with E-state index in [-0.39, 0.29) is 12.0 Å². The number of esters is 1. The van der Waals surface area contributed by atoms with Crippen LogP contribution in [0, 0.1) is 0 Å². The third-order valence-corrected chi connectivity index (χ3v) is 3.65. The van der Waals surface area contributed by atoms with Crippen molar-refractivity contribution in [3.05, 3.63) is 23.0 Å². The van der Waals surface area contributed by atoms with Crippen LogP contribution < -0.4 is 0 Å². The minimum atomic E-state index is -0.283. The molecule has 2 heterocycles. The predicted molar refractivity (Wildman–Crippen MR) is 71.3 cm³/mol. The SMILES string of the molecule is COC(=O)c1c2c(nc3c1cnn3C(C)C)CCC2. The first kappa shape index (κ1) is 12.1. The Morgan fingerprint density at radius 1 is 1.42 bits per heavy atom. The first-order chi connectivity index (χ1) is 9.13. The van der Waals surface area contributed by atoms with Crippen molar-refractivity contribution in [3.8, 4) is 0 Å². The first-order valence-corrected chi connectivity index (χ1v) is 6.60. The van der Waals surface area contributed by atoms with Gasteiger partial charge >= 0.3 is 5.97 Å². The van der Waals surface area contributed by atoms with Gasteiger partial charge in [-0.1, -0.05) is 0 Å². The van der Waals surface area contributed by atoms with Crippen LogP contribution in [0.25, 0.3) is 11.0 Å². The van der Waals surface area contributed by atoms with Crippen molar-refractivity contribution in [1.29, 1.82) is 0 Å². The molecule has 0 spiro atoms. The number of methoxy groups -OCH3 is 1. The summed E-state index contributed by atoms with van der Waals surface area (Å²) >= 11 is 0. The molecule has 5 heteroatoms. The highest BCUT2D eigenvalue weighted by atomic mass is 16.5. The van der Waals surface area contributed by atoms with Crippen LogP contribution in [0.15, 0.2) is 6.20 Å². The van der Waals surface area contributed by atoms with Crippen LogP contribution in [-0.2, 0) is 17.6 Å². The minimum Gasteiger partial charge on any atom is -0.465 e. The van der Waals surface area contributed by atoms with Gasteiger partial charge in [-0.05, 0) is 38.7 Å². The lowest BCUT2D eigenvalue weighted by Crippen LogP contribution is -2.10. The zero-order chi connectivity index (χ0) is 13.6. The van der Waals surface area contributed by atoms with Crippen LogP contribution in [0.3, 0.4) is 0 Å². The summed E-state index contributed by atoms with van der Waals surface area (Å²) in [4.78, 5) is 16.8. The first-order valence-electron chi connectivity index (χ1n) is 6.60. The molecule has 0 unspecified atom stereocenters. The van der Waals surface area contributed by atoms with E-state index in [1.54, 1.807) is 6.20 Å². The van der Waals surface area contributed by atoms with Gasteiger partial charge in [0, 0.05) is 11.7 Å². The summed E-state index contributed by atoms with van der Waals surface area (Å²) in [5.41, 5.74) is 3.51. The van der Waals surface area contributed by atoms with Crippen LogP contribution in [0.1, 0.15) is 47.9 Å². The number of carbonyl (C=O) groups excluding carboxylic acids is 1. The van der Waals surface area contributed by atoms with E-state index in [2.05, 4.69) is 18.9 Å². The van der Waals surface area contributed by atoms with Gasteiger partial charge in [0.1, 0.15) is 0 Å². The Bertz CT molecular complexity index is 658. The summed E-state index contributed by atoms with van der Waals surface area (Å²) in [5.74, 6) is -0.283. The van der Waals surface area contributed by atoms with Gasteiger partial charge in [-0.2, -0.15) is 5.10 Å². The fourth-order valence-corrected chi connectivity index (χ4v) is 2.77. The van der Waals surface area contributed by atoms with Crippen LogP contribution in [0.5, 0.6) is 0 Å². The number of fused-ring (bicyclic) bond motifs is 2. The Hall–Kier alpha value is -1.91. The third-order valence-electron chi connectivity index (χ3n) is 3.65. The smallest absolute Gasteiger partial charge is 0.339 e. The van der Waals surface area contributed by atoms with E-state index < -0.39 is 0 Å². The third kappa shape index (κ3) is 1.72. The second-order valence-corrected chi connectivity index (χ2v) is 5.18. The van der Waals surface area contributed by atoms with E-state index in [0.29, 0.717) is 5.56 Å². The number of carbonyl (C=O) groups is 1. The molecule has 1 aliphatic carbocycles. The quantitative estimate of drug-likeness (QED) is 0.776. The molecule has 100 valence electrons. The summed E-state index contributed by atoms with van der Waals surface area (Å²) in [6.07, 6.45) is 4.61. The fourth-order valence-electron chi connectivity index (χ4n) is 2.77. The van der Waals surface area contributed by atoms with Gasteiger partial charge in [0.15, 0.2) is 5.65 Å². The molecular formula is C14H17N3O2. The molecule has 3 rings (SSSR count). The van der Waals surface area contributed by atoms with Crippen molar-refractivity contribution in [1.82, 2.24) is 14.8 Å². The van der Waals surface area contributed by atoms with Gasteiger partial charge in [-0.25, -0.2) is 14.5 Å². The molecule has 0 fully saturated rings. The number of rotatable bonds is 2. The highest BCUT2D eigenvalue weighted by molar-refractivity contribution is 6.04. The number of pyridine rings is 1. The lowest BCUT2D eigenvalue weighted by molar-refractivity contribution is 0.0602. The van der Waals surface area contributed by atoms with E-state index in [1.165, 1.54) is 7.11 Å². The molecule has 0 radical (unpaired) electrons. The Labute approximate surface area is 111 Å². The minimum absolute atomic E-state index is 0.218. The average Bonchev–Trinajstić information content (AvgIpc) is 3.00. The van der Waals surface area contributed by atoms with E-state index in [1.807, 2.05) is 4.68 Å².